The minimum Gasteiger partial charge on any atom is -0.379 e. The number of hydrogen-bond donors (Lipinski definition) is 0. The third-order valence-electron chi connectivity index (χ3n) is 4.46. The van der Waals surface area contributed by atoms with E-state index < -0.39 is 0 Å². The van der Waals surface area contributed by atoms with E-state index in [1.165, 1.54) is 5.56 Å². The quantitative estimate of drug-likeness (QED) is 0.872. The molecule has 1 aromatic carbocycles. The van der Waals surface area contributed by atoms with Crippen LogP contribution in [0, 0.1) is 6.92 Å². The Bertz CT molecular complexity index is 672. The monoisotopic (exact) mass is 310 g/mol. The van der Waals surface area contributed by atoms with Gasteiger partial charge in [-0.1, -0.05) is 30.3 Å². The first-order chi connectivity index (χ1) is 11.2. The number of ether oxygens (including phenoxy) is 1. The molecule has 0 saturated carbocycles. The van der Waals surface area contributed by atoms with Gasteiger partial charge >= 0.3 is 0 Å². The molecule has 4 heteroatoms. The van der Waals surface area contributed by atoms with Gasteiger partial charge in [0.25, 0.3) is 5.91 Å². The summed E-state index contributed by atoms with van der Waals surface area (Å²) in [5.74, 6) is 0.0432. The fraction of sp³-hybridized carbons (Fsp3) is 0.368. The Kier molecular flexibility index (Phi) is 4.72. The van der Waals surface area contributed by atoms with E-state index in [0.717, 1.165) is 24.9 Å². The molecule has 120 valence electrons. The third kappa shape index (κ3) is 3.42. The van der Waals surface area contributed by atoms with Gasteiger partial charge in [0.15, 0.2) is 0 Å². The van der Waals surface area contributed by atoms with Crippen LogP contribution in [0.2, 0.25) is 0 Å². The zero-order valence-corrected chi connectivity index (χ0v) is 13.6. The molecule has 1 amide bonds. The number of carbonyl (C=O) groups excluding carboxylic acids is 1. The zero-order valence-electron chi connectivity index (χ0n) is 13.6. The number of pyridine rings is 1. The van der Waals surface area contributed by atoms with Crippen LogP contribution in [0.25, 0.3) is 0 Å². The standard InChI is InChI=1S/C19H22N2O2/c1-14-10-16(13-20-12-14)19(22)21-9-8-18(23-2)17(21)11-15-6-4-3-5-7-15/h3-7,10,12-13,17-18H,8-9,11H2,1-2H3/t17-,18+/m0/s1. The Morgan fingerprint density at radius 2 is 2.09 bits per heavy atom. The second-order valence-electron chi connectivity index (χ2n) is 6.07. The van der Waals surface area contributed by atoms with Crippen molar-refractivity contribution < 1.29 is 9.53 Å². The lowest BCUT2D eigenvalue weighted by Crippen LogP contribution is -2.41. The normalized spacial score (nSPS) is 20.7. The van der Waals surface area contributed by atoms with E-state index in [1.54, 1.807) is 19.5 Å². The molecular formula is C19H22N2O2. The highest BCUT2D eigenvalue weighted by Crippen LogP contribution is 2.26. The summed E-state index contributed by atoms with van der Waals surface area (Å²) in [5, 5.41) is 0. The molecule has 3 rings (SSSR count). The van der Waals surface area contributed by atoms with Crippen LogP contribution in [-0.4, -0.2) is 41.6 Å². The molecule has 1 aliphatic rings. The molecule has 2 atom stereocenters. The highest BCUT2D eigenvalue weighted by Gasteiger charge is 2.37. The van der Waals surface area contributed by atoms with Gasteiger partial charge in [-0.25, -0.2) is 0 Å². The first-order valence-electron chi connectivity index (χ1n) is 7.98. The van der Waals surface area contributed by atoms with E-state index in [1.807, 2.05) is 36.1 Å². The van der Waals surface area contributed by atoms with Crippen molar-refractivity contribution in [1.82, 2.24) is 9.88 Å². The topological polar surface area (TPSA) is 42.4 Å². The lowest BCUT2D eigenvalue weighted by molar-refractivity contribution is 0.0508. The molecule has 2 heterocycles. The molecule has 1 saturated heterocycles. The van der Waals surface area contributed by atoms with Crippen molar-refractivity contribution in [2.45, 2.75) is 31.9 Å². The largest absolute Gasteiger partial charge is 0.379 e. The molecule has 0 unspecified atom stereocenters. The van der Waals surface area contributed by atoms with E-state index in [-0.39, 0.29) is 18.1 Å². The second-order valence-corrected chi connectivity index (χ2v) is 6.07. The minimum atomic E-state index is 0.0432. The van der Waals surface area contributed by atoms with Gasteiger partial charge in [-0.05, 0) is 37.0 Å². The Morgan fingerprint density at radius 3 is 2.78 bits per heavy atom. The summed E-state index contributed by atoms with van der Waals surface area (Å²) in [6, 6.07) is 12.2. The smallest absolute Gasteiger partial charge is 0.255 e. The van der Waals surface area contributed by atoms with Crippen LogP contribution in [-0.2, 0) is 11.2 Å². The van der Waals surface area contributed by atoms with Crippen LogP contribution in [0.15, 0.2) is 48.8 Å². The van der Waals surface area contributed by atoms with E-state index in [9.17, 15) is 4.79 Å². The summed E-state index contributed by atoms with van der Waals surface area (Å²) >= 11 is 0. The maximum atomic E-state index is 12.9. The van der Waals surface area contributed by atoms with Gasteiger partial charge in [0, 0.05) is 26.0 Å². The van der Waals surface area contributed by atoms with Crippen LogP contribution < -0.4 is 0 Å². The number of hydrogen-bond acceptors (Lipinski definition) is 3. The molecule has 0 radical (unpaired) electrons. The molecule has 2 aromatic rings. The van der Waals surface area contributed by atoms with Crippen LogP contribution in [0.1, 0.15) is 27.9 Å². The van der Waals surface area contributed by atoms with Gasteiger partial charge in [-0.3, -0.25) is 9.78 Å². The first kappa shape index (κ1) is 15.7. The predicted molar refractivity (Wildman–Crippen MR) is 89.4 cm³/mol. The van der Waals surface area contributed by atoms with Gasteiger partial charge in [-0.2, -0.15) is 0 Å². The summed E-state index contributed by atoms with van der Waals surface area (Å²) in [5.41, 5.74) is 2.87. The number of benzene rings is 1. The number of aromatic nitrogens is 1. The van der Waals surface area contributed by atoms with Gasteiger partial charge in [0.1, 0.15) is 0 Å². The Labute approximate surface area is 137 Å². The lowest BCUT2D eigenvalue weighted by Gasteiger charge is -2.28. The fourth-order valence-corrected chi connectivity index (χ4v) is 3.29. The summed E-state index contributed by atoms with van der Waals surface area (Å²) in [7, 11) is 1.73. The summed E-state index contributed by atoms with van der Waals surface area (Å²) < 4.78 is 5.63. The van der Waals surface area contributed by atoms with E-state index in [2.05, 4.69) is 17.1 Å². The second kappa shape index (κ2) is 6.92. The molecular weight excluding hydrogens is 288 g/mol. The van der Waals surface area contributed by atoms with E-state index >= 15 is 0 Å². The van der Waals surface area contributed by atoms with Gasteiger partial charge < -0.3 is 9.64 Å². The highest BCUT2D eigenvalue weighted by atomic mass is 16.5. The number of nitrogens with zero attached hydrogens (tertiary/aromatic N) is 2. The Hall–Kier alpha value is -2.20. The number of rotatable bonds is 4. The number of likely N-dealkylation sites (tertiary alicyclic amines) is 1. The van der Waals surface area contributed by atoms with Crippen molar-refractivity contribution in [2.24, 2.45) is 0 Å². The van der Waals surface area contributed by atoms with E-state index in [0.29, 0.717) is 5.56 Å². The number of aryl methyl sites for hydroxylation is 1. The lowest BCUT2D eigenvalue weighted by atomic mass is 10.0. The maximum Gasteiger partial charge on any atom is 0.255 e. The maximum absolute atomic E-state index is 12.9. The summed E-state index contributed by atoms with van der Waals surface area (Å²) in [6.45, 7) is 2.68. The van der Waals surface area contributed by atoms with E-state index in [4.69, 9.17) is 4.74 Å². The van der Waals surface area contributed by atoms with Crippen molar-refractivity contribution in [1.29, 1.82) is 0 Å². The van der Waals surface area contributed by atoms with Crippen molar-refractivity contribution >= 4 is 5.91 Å². The predicted octanol–water partition coefficient (Wildman–Crippen LogP) is 2.86. The third-order valence-corrected chi connectivity index (χ3v) is 4.46. The highest BCUT2D eigenvalue weighted by molar-refractivity contribution is 5.94. The van der Waals surface area contributed by atoms with Gasteiger partial charge in [-0.15, -0.1) is 0 Å². The Balaban J connectivity index is 1.83. The average molecular weight is 310 g/mol. The van der Waals surface area contributed by atoms with Crippen molar-refractivity contribution in [2.75, 3.05) is 13.7 Å². The zero-order chi connectivity index (χ0) is 16.2. The summed E-state index contributed by atoms with van der Waals surface area (Å²) in [6.07, 6.45) is 5.18. The SMILES string of the molecule is CO[C@@H]1CCN(C(=O)c2cncc(C)c2)[C@H]1Cc1ccccc1. The van der Waals surface area contributed by atoms with Gasteiger partial charge in [0.2, 0.25) is 0 Å². The van der Waals surface area contributed by atoms with Crippen molar-refractivity contribution in [3.05, 3.63) is 65.5 Å². The molecule has 0 spiro atoms. The van der Waals surface area contributed by atoms with Crippen LogP contribution in [0.4, 0.5) is 0 Å². The molecule has 0 N–H and O–H groups in total. The molecule has 0 bridgehead atoms. The molecule has 4 nitrogen and oxygen atoms in total. The van der Waals surface area contributed by atoms with Crippen molar-refractivity contribution in [3.63, 3.8) is 0 Å². The van der Waals surface area contributed by atoms with Crippen LogP contribution in [0.3, 0.4) is 0 Å². The molecule has 0 aliphatic carbocycles. The molecule has 23 heavy (non-hydrogen) atoms. The average Bonchev–Trinajstić information content (AvgIpc) is 2.97. The first-order valence-corrected chi connectivity index (χ1v) is 7.98. The number of carbonyl (C=O) groups is 1. The Morgan fingerprint density at radius 1 is 1.30 bits per heavy atom. The molecule has 1 fully saturated rings. The number of methoxy groups -OCH3 is 1. The van der Waals surface area contributed by atoms with Gasteiger partial charge in [0.05, 0.1) is 17.7 Å². The molecule has 1 aromatic heterocycles. The number of amides is 1. The van der Waals surface area contributed by atoms with Crippen LogP contribution >= 0.6 is 0 Å². The van der Waals surface area contributed by atoms with Crippen LogP contribution in [0.5, 0.6) is 0 Å². The summed E-state index contributed by atoms with van der Waals surface area (Å²) in [4.78, 5) is 19.0. The fourth-order valence-electron chi connectivity index (χ4n) is 3.29. The molecule has 1 aliphatic heterocycles. The van der Waals surface area contributed by atoms with Crippen molar-refractivity contribution in [3.8, 4) is 0 Å². The minimum absolute atomic E-state index is 0.0432.